The fourth-order valence-corrected chi connectivity index (χ4v) is 3.27. The summed E-state index contributed by atoms with van der Waals surface area (Å²) in [7, 11) is 0. The van der Waals surface area contributed by atoms with Gasteiger partial charge in [0.2, 0.25) is 6.41 Å². The summed E-state index contributed by atoms with van der Waals surface area (Å²) in [6.07, 6.45) is -2.35. The third-order valence-electron chi connectivity index (χ3n) is 5.16. The molecule has 0 spiro atoms. The Morgan fingerprint density at radius 2 is 1.18 bits per heavy atom. The zero-order valence-electron chi connectivity index (χ0n) is 18.8. The van der Waals surface area contributed by atoms with Gasteiger partial charge in [0.25, 0.3) is 0 Å². The molecular formula is C27H29NO6. The molecule has 0 radical (unpaired) electrons. The van der Waals surface area contributed by atoms with Crippen molar-refractivity contribution in [3.05, 3.63) is 108 Å². The Morgan fingerprint density at radius 3 is 1.65 bits per heavy atom. The Balaban J connectivity index is 1.66. The predicted molar refractivity (Wildman–Crippen MR) is 126 cm³/mol. The first-order chi connectivity index (χ1) is 16.7. The van der Waals surface area contributed by atoms with Crippen LogP contribution in [0.4, 0.5) is 0 Å². The Kier molecular flexibility index (Phi) is 10.4. The lowest BCUT2D eigenvalue weighted by Crippen LogP contribution is -2.47. The summed E-state index contributed by atoms with van der Waals surface area (Å²) in [6, 6.07) is 28.1. The van der Waals surface area contributed by atoms with Gasteiger partial charge in [-0.3, -0.25) is 9.63 Å². The van der Waals surface area contributed by atoms with E-state index in [0.29, 0.717) is 12.7 Å². The Hall–Kier alpha value is -3.36. The van der Waals surface area contributed by atoms with Crippen molar-refractivity contribution in [2.24, 2.45) is 0 Å². The molecule has 0 saturated heterocycles. The first-order valence-electron chi connectivity index (χ1n) is 11.0. The highest BCUT2D eigenvalue weighted by Gasteiger charge is 2.31. The Bertz CT molecular complexity index is 970. The number of rotatable bonds is 15. The van der Waals surface area contributed by atoms with Crippen LogP contribution in [0.3, 0.4) is 0 Å². The molecule has 0 aliphatic rings. The summed E-state index contributed by atoms with van der Waals surface area (Å²) in [4.78, 5) is 29.0. The molecule has 7 heteroatoms. The Labute approximate surface area is 199 Å². The van der Waals surface area contributed by atoms with Crippen LogP contribution < -0.4 is 0 Å². The molecule has 1 N–H and O–H groups in total. The lowest BCUT2D eigenvalue weighted by atomic mass is 10.1. The number of ether oxygens (including phenoxy) is 2. The maximum absolute atomic E-state index is 11.8. The fourth-order valence-electron chi connectivity index (χ4n) is 3.27. The molecule has 178 valence electrons. The van der Waals surface area contributed by atoms with E-state index in [2.05, 4.69) is 0 Å². The van der Waals surface area contributed by atoms with Crippen molar-refractivity contribution in [2.75, 3.05) is 6.54 Å². The van der Waals surface area contributed by atoms with Crippen LogP contribution in [0.1, 0.15) is 16.7 Å². The quantitative estimate of drug-likeness (QED) is 0.275. The van der Waals surface area contributed by atoms with Crippen LogP contribution in [0.5, 0.6) is 0 Å². The van der Waals surface area contributed by atoms with Crippen molar-refractivity contribution >= 4 is 12.7 Å². The number of aldehydes is 1. The van der Waals surface area contributed by atoms with Crippen molar-refractivity contribution in [1.29, 1.82) is 0 Å². The van der Waals surface area contributed by atoms with Gasteiger partial charge in [-0.05, 0) is 16.7 Å². The molecule has 34 heavy (non-hydrogen) atoms. The van der Waals surface area contributed by atoms with Crippen LogP contribution in [-0.4, -0.2) is 47.7 Å². The summed E-state index contributed by atoms with van der Waals surface area (Å²) in [6.45, 7) is 0.402. The number of hydrogen-bond acceptors (Lipinski definition) is 6. The van der Waals surface area contributed by atoms with Gasteiger partial charge in [-0.15, -0.1) is 0 Å². The average molecular weight is 464 g/mol. The summed E-state index contributed by atoms with van der Waals surface area (Å²) in [5, 5.41) is 12.0. The maximum Gasteiger partial charge on any atom is 0.233 e. The molecule has 3 aromatic carbocycles. The molecular weight excluding hydrogens is 434 g/mol. The highest BCUT2D eigenvalue weighted by atomic mass is 16.7. The third-order valence-corrected chi connectivity index (χ3v) is 5.16. The monoisotopic (exact) mass is 463 g/mol. The summed E-state index contributed by atoms with van der Waals surface area (Å²) < 4.78 is 11.6. The summed E-state index contributed by atoms with van der Waals surface area (Å²) >= 11 is 0. The lowest BCUT2D eigenvalue weighted by molar-refractivity contribution is -0.200. The van der Waals surface area contributed by atoms with Gasteiger partial charge in [-0.2, -0.15) is 0 Å². The van der Waals surface area contributed by atoms with E-state index in [1.165, 1.54) is 0 Å². The molecule has 0 unspecified atom stereocenters. The van der Waals surface area contributed by atoms with Crippen LogP contribution in [0, 0.1) is 0 Å². The van der Waals surface area contributed by atoms with E-state index >= 15 is 0 Å². The van der Waals surface area contributed by atoms with Crippen LogP contribution in [-0.2, 0) is 43.7 Å². The number of nitrogens with zero attached hydrogens (tertiary/aromatic N) is 1. The molecule has 0 fully saturated rings. The first kappa shape index (κ1) is 25.3. The van der Waals surface area contributed by atoms with Gasteiger partial charge in [-0.25, -0.2) is 5.06 Å². The smallest absolute Gasteiger partial charge is 0.233 e. The van der Waals surface area contributed by atoms with Crippen LogP contribution in [0.2, 0.25) is 0 Å². The molecule has 0 saturated carbocycles. The van der Waals surface area contributed by atoms with Crippen LogP contribution in [0.25, 0.3) is 0 Å². The number of carbonyl (C=O) groups excluding carboxylic acids is 2. The standard InChI is InChI=1S/C27H29NO6/c29-17-26(33-19-23-12-6-2-7-13-23)27(31)25(32-18-22-10-4-1-5-11-22)16-28(21-30)34-20-24-14-8-3-9-15-24/h1-15,17,21,25-27,31H,16,18-20H2/t25-,26-,27+/m1/s1. The van der Waals surface area contributed by atoms with E-state index in [9.17, 15) is 14.7 Å². The van der Waals surface area contributed by atoms with Crippen molar-refractivity contribution < 1.29 is 29.0 Å². The number of hydrogen-bond donors (Lipinski definition) is 1. The first-order valence-corrected chi connectivity index (χ1v) is 11.0. The van der Waals surface area contributed by atoms with Crippen LogP contribution in [0.15, 0.2) is 91.0 Å². The maximum atomic E-state index is 11.8. The number of aliphatic hydroxyl groups is 1. The zero-order chi connectivity index (χ0) is 24.0. The van der Waals surface area contributed by atoms with Crippen molar-refractivity contribution in [3.63, 3.8) is 0 Å². The summed E-state index contributed by atoms with van der Waals surface area (Å²) in [5.41, 5.74) is 2.63. The molecule has 3 aromatic rings. The molecule has 0 aliphatic carbocycles. The predicted octanol–water partition coefficient (Wildman–Crippen LogP) is 3.31. The molecule has 3 atom stereocenters. The SMILES string of the molecule is O=C[C@@H](OCc1ccccc1)[C@@H](O)[C@@H](CN(C=O)OCc1ccccc1)OCc1ccccc1. The van der Waals surface area contributed by atoms with E-state index in [4.69, 9.17) is 14.3 Å². The third kappa shape index (κ3) is 8.20. The summed E-state index contributed by atoms with van der Waals surface area (Å²) in [5.74, 6) is 0. The second kappa shape index (κ2) is 14.0. The molecule has 0 aromatic heterocycles. The van der Waals surface area contributed by atoms with E-state index in [-0.39, 0.29) is 26.4 Å². The van der Waals surface area contributed by atoms with E-state index < -0.39 is 18.3 Å². The molecule has 3 rings (SSSR count). The largest absolute Gasteiger partial charge is 0.387 e. The topological polar surface area (TPSA) is 85.3 Å². The second-order valence-corrected chi connectivity index (χ2v) is 7.69. The number of aliphatic hydroxyl groups excluding tert-OH is 1. The molecule has 1 amide bonds. The Morgan fingerprint density at radius 1 is 0.706 bits per heavy atom. The molecule has 0 aliphatic heterocycles. The normalized spacial score (nSPS) is 13.6. The van der Waals surface area contributed by atoms with Gasteiger partial charge in [0.05, 0.1) is 19.8 Å². The van der Waals surface area contributed by atoms with E-state index in [1.807, 2.05) is 91.0 Å². The number of benzene rings is 3. The highest BCUT2D eigenvalue weighted by molar-refractivity contribution is 5.57. The molecule has 0 bridgehead atoms. The van der Waals surface area contributed by atoms with Crippen molar-refractivity contribution in [3.8, 4) is 0 Å². The number of amides is 1. The van der Waals surface area contributed by atoms with Gasteiger partial charge >= 0.3 is 0 Å². The van der Waals surface area contributed by atoms with E-state index in [1.54, 1.807) is 0 Å². The second-order valence-electron chi connectivity index (χ2n) is 7.69. The van der Waals surface area contributed by atoms with Gasteiger partial charge < -0.3 is 19.4 Å². The van der Waals surface area contributed by atoms with Gasteiger partial charge in [0, 0.05) is 0 Å². The minimum absolute atomic E-state index is 0.0939. The lowest BCUT2D eigenvalue weighted by Gasteiger charge is -2.30. The van der Waals surface area contributed by atoms with Gasteiger partial charge in [0.15, 0.2) is 6.29 Å². The van der Waals surface area contributed by atoms with E-state index in [0.717, 1.165) is 21.8 Å². The fraction of sp³-hybridized carbons (Fsp3) is 0.259. The molecule has 0 heterocycles. The highest BCUT2D eigenvalue weighted by Crippen LogP contribution is 2.14. The van der Waals surface area contributed by atoms with Crippen LogP contribution >= 0.6 is 0 Å². The minimum Gasteiger partial charge on any atom is -0.387 e. The van der Waals surface area contributed by atoms with Crippen molar-refractivity contribution in [1.82, 2.24) is 5.06 Å². The van der Waals surface area contributed by atoms with Crippen molar-refractivity contribution in [2.45, 2.75) is 38.1 Å². The number of hydroxylamine groups is 2. The van der Waals surface area contributed by atoms with Gasteiger partial charge in [0.1, 0.15) is 24.9 Å². The van der Waals surface area contributed by atoms with Gasteiger partial charge in [-0.1, -0.05) is 91.0 Å². The number of carbonyl (C=O) groups is 2. The average Bonchev–Trinajstić information content (AvgIpc) is 2.90. The molecule has 7 nitrogen and oxygen atoms in total. The zero-order valence-corrected chi connectivity index (χ0v) is 18.8. The minimum atomic E-state index is -1.33.